The molecule has 2 aromatic heterocycles. The van der Waals surface area contributed by atoms with Crippen LogP contribution in [0.25, 0.3) is 10.9 Å². The van der Waals surface area contributed by atoms with E-state index in [-0.39, 0.29) is 19.1 Å². The molecule has 4 rings (SSSR count). The summed E-state index contributed by atoms with van der Waals surface area (Å²) in [5.74, 6) is 1.04. The topological polar surface area (TPSA) is 182 Å². The van der Waals surface area contributed by atoms with E-state index in [0.717, 1.165) is 0 Å². The number of carbonyl (C=O) groups is 1. The fraction of sp³-hybridized carbons (Fsp3) is 0.357. The standard InChI is InChI=1S/C28H35FN7O8P/c1-41-13-10-35(11-14-44-45(38,39)40)8-4-12-43-25-17-23-22(16-24(25)42-2)28(31-19-30-23)33-26-7-9-36(34-26)18-27(37)32-21-6-3-5-20(29)15-21/h3,5-7,9,15-17,19H,4,8,10-14,18H2,1-2H3,(H,32,37)(H2,38,39,40)(H,30,31,33,34). The maximum Gasteiger partial charge on any atom is 0.469 e. The number of phosphoric acid groups is 1. The maximum atomic E-state index is 13.4. The van der Waals surface area contributed by atoms with Crippen molar-refractivity contribution < 1.29 is 42.3 Å². The zero-order valence-corrected chi connectivity index (χ0v) is 25.7. The average Bonchev–Trinajstić information content (AvgIpc) is 3.43. The molecule has 0 atom stereocenters. The van der Waals surface area contributed by atoms with Crippen LogP contribution in [0.2, 0.25) is 0 Å². The van der Waals surface area contributed by atoms with E-state index in [1.807, 2.05) is 4.90 Å². The number of halogens is 1. The highest BCUT2D eigenvalue weighted by Crippen LogP contribution is 2.36. The molecule has 15 nitrogen and oxygen atoms in total. The van der Waals surface area contributed by atoms with Crippen molar-refractivity contribution in [1.29, 1.82) is 0 Å². The van der Waals surface area contributed by atoms with Gasteiger partial charge in [-0.25, -0.2) is 18.9 Å². The third kappa shape index (κ3) is 10.7. The molecule has 45 heavy (non-hydrogen) atoms. The fourth-order valence-corrected chi connectivity index (χ4v) is 4.62. The summed E-state index contributed by atoms with van der Waals surface area (Å²) in [6.07, 6.45) is 3.64. The number of benzene rings is 2. The Bertz CT molecular complexity index is 1620. The molecule has 0 aliphatic carbocycles. The number of hydrogen-bond donors (Lipinski definition) is 4. The Balaban J connectivity index is 1.36. The predicted octanol–water partition coefficient (Wildman–Crippen LogP) is 3.18. The summed E-state index contributed by atoms with van der Waals surface area (Å²) in [7, 11) is -1.43. The summed E-state index contributed by atoms with van der Waals surface area (Å²) in [4.78, 5) is 40.9. The molecule has 2 heterocycles. The molecule has 242 valence electrons. The third-order valence-corrected chi connectivity index (χ3v) is 6.90. The number of nitrogens with zero attached hydrogens (tertiary/aromatic N) is 5. The van der Waals surface area contributed by atoms with Crippen molar-refractivity contribution in [3.63, 3.8) is 0 Å². The molecule has 0 spiro atoms. The van der Waals surface area contributed by atoms with Gasteiger partial charge in [0.05, 0.1) is 32.4 Å². The first-order valence-corrected chi connectivity index (χ1v) is 15.4. The zero-order chi connectivity index (χ0) is 32.2. The lowest BCUT2D eigenvalue weighted by atomic mass is 10.2. The Morgan fingerprint density at radius 2 is 1.87 bits per heavy atom. The molecule has 1 amide bonds. The van der Waals surface area contributed by atoms with E-state index < -0.39 is 13.6 Å². The number of amides is 1. The van der Waals surface area contributed by atoms with Gasteiger partial charge < -0.3 is 34.6 Å². The largest absolute Gasteiger partial charge is 0.493 e. The van der Waals surface area contributed by atoms with E-state index in [1.165, 1.54) is 36.3 Å². The second-order valence-electron chi connectivity index (χ2n) is 9.68. The smallest absolute Gasteiger partial charge is 0.469 e. The van der Waals surface area contributed by atoms with Crippen LogP contribution in [0, 0.1) is 5.82 Å². The molecule has 4 N–H and O–H groups in total. The van der Waals surface area contributed by atoms with E-state index in [0.29, 0.717) is 79.0 Å². The predicted molar refractivity (Wildman–Crippen MR) is 163 cm³/mol. The van der Waals surface area contributed by atoms with Gasteiger partial charge in [0.15, 0.2) is 17.3 Å². The van der Waals surface area contributed by atoms with Gasteiger partial charge in [-0.15, -0.1) is 0 Å². The molecular formula is C28H35FN7O8P. The highest BCUT2D eigenvalue weighted by Gasteiger charge is 2.16. The van der Waals surface area contributed by atoms with Gasteiger partial charge in [-0.2, -0.15) is 5.10 Å². The molecule has 0 bridgehead atoms. The highest BCUT2D eigenvalue weighted by molar-refractivity contribution is 7.46. The van der Waals surface area contributed by atoms with Crippen LogP contribution in [0.15, 0.2) is 55.0 Å². The molecule has 0 unspecified atom stereocenters. The molecule has 0 saturated heterocycles. The van der Waals surface area contributed by atoms with Crippen LogP contribution in [0.1, 0.15) is 6.42 Å². The van der Waals surface area contributed by atoms with E-state index in [2.05, 4.69) is 30.2 Å². The highest BCUT2D eigenvalue weighted by atomic mass is 31.2. The lowest BCUT2D eigenvalue weighted by Gasteiger charge is -2.22. The average molecular weight is 648 g/mol. The third-order valence-electron chi connectivity index (χ3n) is 6.38. The van der Waals surface area contributed by atoms with Crippen molar-refractivity contribution in [2.24, 2.45) is 0 Å². The Labute approximate surface area is 258 Å². The molecule has 0 saturated carbocycles. The summed E-state index contributed by atoms with van der Waals surface area (Å²) in [5, 5.41) is 10.8. The maximum absolute atomic E-state index is 13.4. The molecule has 17 heteroatoms. The second-order valence-corrected chi connectivity index (χ2v) is 10.9. The number of aromatic nitrogens is 4. The monoisotopic (exact) mass is 647 g/mol. The Morgan fingerprint density at radius 1 is 1.04 bits per heavy atom. The number of methoxy groups -OCH3 is 2. The van der Waals surface area contributed by atoms with Gasteiger partial charge in [-0.1, -0.05) is 6.07 Å². The van der Waals surface area contributed by atoms with E-state index in [4.69, 9.17) is 24.0 Å². The number of carbonyl (C=O) groups excluding carboxylic acids is 1. The van der Waals surface area contributed by atoms with Gasteiger partial charge in [0.1, 0.15) is 24.5 Å². The van der Waals surface area contributed by atoms with Gasteiger partial charge in [0.2, 0.25) is 5.91 Å². The number of fused-ring (bicyclic) bond motifs is 1. The number of anilines is 3. The van der Waals surface area contributed by atoms with Crippen LogP contribution in [0.5, 0.6) is 11.5 Å². The Kier molecular flexibility index (Phi) is 12.2. The summed E-state index contributed by atoms with van der Waals surface area (Å²) >= 11 is 0. The summed E-state index contributed by atoms with van der Waals surface area (Å²) in [5.41, 5.74) is 0.943. The van der Waals surface area contributed by atoms with Crippen molar-refractivity contribution in [3.8, 4) is 11.5 Å². The molecule has 4 aromatic rings. The first-order valence-electron chi connectivity index (χ1n) is 13.9. The Hall–Kier alpha value is -4.18. The van der Waals surface area contributed by atoms with Crippen LogP contribution < -0.4 is 20.1 Å². The summed E-state index contributed by atoms with van der Waals surface area (Å²) in [6.45, 7) is 2.06. The van der Waals surface area contributed by atoms with Crippen molar-refractivity contribution in [1.82, 2.24) is 24.6 Å². The van der Waals surface area contributed by atoms with Crippen molar-refractivity contribution in [3.05, 3.63) is 60.8 Å². The van der Waals surface area contributed by atoms with Gasteiger partial charge in [0.25, 0.3) is 0 Å². The van der Waals surface area contributed by atoms with Crippen LogP contribution in [-0.2, 0) is 25.2 Å². The molecule has 0 aliphatic heterocycles. The SMILES string of the molecule is COCCN(CCCOc1cc2ncnc(Nc3ccn(CC(=O)Nc4cccc(F)c4)n3)c2cc1OC)CCOP(=O)(O)O. The second kappa shape index (κ2) is 16.2. The first kappa shape index (κ1) is 33.7. The Morgan fingerprint density at radius 3 is 2.62 bits per heavy atom. The molecule has 0 radical (unpaired) electrons. The minimum Gasteiger partial charge on any atom is -0.493 e. The van der Waals surface area contributed by atoms with Crippen LogP contribution >= 0.6 is 7.82 Å². The van der Waals surface area contributed by atoms with E-state index in [9.17, 15) is 13.8 Å². The number of phosphoric ester groups is 1. The number of ether oxygens (including phenoxy) is 3. The van der Waals surface area contributed by atoms with Gasteiger partial charge in [-0.05, 0) is 30.7 Å². The zero-order valence-electron chi connectivity index (χ0n) is 24.8. The number of hydrogen-bond acceptors (Lipinski definition) is 11. The molecule has 0 aliphatic rings. The summed E-state index contributed by atoms with van der Waals surface area (Å²) < 4.78 is 47.1. The van der Waals surface area contributed by atoms with Crippen molar-refractivity contribution >= 4 is 42.0 Å². The van der Waals surface area contributed by atoms with Gasteiger partial charge in [0, 0.05) is 56.1 Å². The van der Waals surface area contributed by atoms with E-state index in [1.54, 1.807) is 37.6 Å². The van der Waals surface area contributed by atoms with Crippen LogP contribution in [-0.4, -0.2) is 94.0 Å². The van der Waals surface area contributed by atoms with Crippen molar-refractivity contribution in [2.45, 2.75) is 13.0 Å². The van der Waals surface area contributed by atoms with Crippen molar-refractivity contribution in [2.75, 3.05) is 64.3 Å². The number of nitrogens with one attached hydrogen (secondary N) is 2. The molecular weight excluding hydrogens is 612 g/mol. The van der Waals surface area contributed by atoms with E-state index >= 15 is 0 Å². The minimum absolute atomic E-state index is 0.0808. The normalized spacial score (nSPS) is 11.6. The van der Waals surface area contributed by atoms with Crippen LogP contribution in [0.3, 0.4) is 0 Å². The fourth-order valence-electron chi connectivity index (χ4n) is 4.30. The minimum atomic E-state index is -4.53. The lowest BCUT2D eigenvalue weighted by Crippen LogP contribution is -2.32. The number of rotatable bonds is 18. The molecule has 0 fully saturated rings. The lowest BCUT2D eigenvalue weighted by molar-refractivity contribution is -0.116. The van der Waals surface area contributed by atoms with Crippen LogP contribution in [0.4, 0.5) is 21.7 Å². The van der Waals surface area contributed by atoms with Gasteiger partial charge >= 0.3 is 7.82 Å². The summed E-state index contributed by atoms with van der Waals surface area (Å²) in [6, 6.07) is 10.8. The molecule has 2 aromatic carbocycles. The quantitative estimate of drug-likeness (QED) is 0.0914. The van der Waals surface area contributed by atoms with Gasteiger partial charge in [-0.3, -0.25) is 18.9 Å². The first-order chi connectivity index (χ1) is 21.6.